The highest BCUT2D eigenvalue weighted by Gasteiger charge is 2.13. The maximum Gasteiger partial charge on any atom is 0.172 e. The minimum absolute atomic E-state index is 0.877. The predicted molar refractivity (Wildman–Crippen MR) is 48.7 cm³/mol. The normalized spacial score (nSPS) is 15.8. The highest BCUT2D eigenvalue weighted by atomic mass is 31.2. The molecule has 1 aromatic rings. The van der Waals surface area contributed by atoms with E-state index in [-0.39, 0.29) is 0 Å². The first-order valence-corrected chi connectivity index (χ1v) is 5.64. The van der Waals surface area contributed by atoms with Gasteiger partial charge in [-0.1, -0.05) is 30.3 Å². The molecule has 0 fully saturated rings. The van der Waals surface area contributed by atoms with Crippen LogP contribution in [0.15, 0.2) is 30.3 Å². The summed E-state index contributed by atoms with van der Waals surface area (Å²) in [5.41, 5.74) is 0. The molecule has 0 spiro atoms. The molecule has 0 bridgehead atoms. The average Bonchev–Trinajstić information content (AvgIpc) is 2.06. The molecule has 0 aliphatic carbocycles. The van der Waals surface area contributed by atoms with Crippen LogP contribution in [0.25, 0.3) is 0 Å². The second kappa shape index (κ2) is 3.21. The summed E-state index contributed by atoms with van der Waals surface area (Å²) in [6.07, 6.45) is 0. The van der Waals surface area contributed by atoms with Gasteiger partial charge in [0.05, 0.1) is 0 Å². The molecule has 0 aromatic heterocycles. The van der Waals surface area contributed by atoms with Gasteiger partial charge in [-0.05, 0) is 7.05 Å². The number of hydrogen-bond donors (Lipinski definition) is 1. The largest absolute Gasteiger partial charge is 0.302 e. The number of benzene rings is 1. The van der Waals surface area contributed by atoms with E-state index < -0.39 is 7.29 Å². The number of hydrogen-bond acceptors (Lipinski definition) is 1. The van der Waals surface area contributed by atoms with Gasteiger partial charge in [0.2, 0.25) is 0 Å². The van der Waals surface area contributed by atoms with Crippen molar-refractivity contribution in [3.05, 3.63) is 30.3 Å². The van der Waals surface area contributed by atoms with Crippen LogP contribution in [-0.2, 0) is 4.57 Å². The van der Waals surface area contributed by atoms with Gasteiger partial charge in [-0.15, -0.1) is 0 Å². The molecule has 0 radical (unpaired) electrons. The average molecular weight is 169 g/mol. The summed E-state index contributed by atoms with van der Waals surface area (Å²) in [4.78, 5) is 0. The van der Waals surface area contributed by atoms with Crippen LogP contribution in [0, 0.1) is 0 Å². The molecule has 0 saturated carbocycles. The molecule has 0 aliphatic heterocycles. The lowest BCUT2D eigenvalue weighted by atomic mass is 10.4. The SMILES string of the molecule is CNP(C)(=O)c1ccccc1. The van der Waals surface area contributed by atoms with E-state index in [0.717, 1.165) is 5.30 Å². The highest BCUT2D eigenvalue weighted by Crippen LogP contribution is 2.32. The molecule has 1 unspecified atom stereocenters. The molecule has 0 saturated heterocycles. The monoisotopic (exact) mass is 169 g/mol. The summed E-state index contributed by atoms with van der Waals surface area (Å²) in [5.74, 6) is 0. The first-order valence-electron chi connectivity index (χ1n) is 3.49. The second-order valence-corrected chi connectivity index (χ2v) is 5.30. The van der Waals surface area contributed by atoms with Crippen molar-refractivity contribution in [1.29, 1.82) is 0 Å². The van der Waals surface area contributed by atoms with Crippen molar-refractivity contribution in [3.63, 3.8) is 0 Å². The first-order chi connectivity index (χ1) is 5.17. The Balaban J connectivity index is 3.03. The van der Waals surface area contributed by atoms with Crippen molar-refractivity contribution in [1.82, 2.24) is 5.09 Å². The molecule has 0 amide bonds. The van der Waals surface area contributed by atoms with Gasteiger partial charge in [0.25, 0.3) is 0 Å². The highest BCUT2D eigenvalue weighted by molar-refractivity contribution is 7.68. The maximum absolute atomic E-state index is 11.7. The van der Waals surface area contributed by atoms with Crippen molar-refractivity contribution in [2.24, 2.45) is 0 Å². The summed E-state index contributed by atoms with van der Waals surface area (Å²) in [6, 6.07) is 9.44. The fourth-order valence-corrected chi connectivity index (χ4v) is 1.84. The Morgan fingerprint density at radius 1 is 1.27 bits per heavy atom. The van der Waals surface area contributed by atoms with Crippen LogP contribution >= 0.6 is 7.29 Å². The molecule has 1 atom stereocenters. The molecular weight excluding hydrogens is 157 g/mol. The minimum atomic E-state index is -2.28. The van der Waals surface area contributed by atoms with E-state index in [0.29, 0.717) is 0 Å². The first kappa shape index (κ1) is 8.51. The topological polar surface area (TPSA) is 29.1 Å². The van der Waals surface area contributed by atoms with Crippen LogP contribution in [0.5, 0.6) is 0 Å². The summed E-state index contributed by atoms with van der Waals surface area (Å²) in [6.45, 7) is 1.72. The Morgan fingerprint density at radius 2 is 1.82 bits per heavy atom. The van der Waals surface area contributed by atoms with Crippen molar-refractivity contribution in [2.45, 2.75) is 0 Å². The molecule has 11 heavy (non-hydrogen) atoms. The molecule has 1 aromatic carbocycles. The van der Waals surface area contributed by atoms with Crippen molar-refractivity contribution < 1.29 is 4.57 Å². The lowest BCUT2D eigenvalue weighted by molar-refractivity contribution is 0.579. The fourth-order valence-electron chi connectivity index (χ4n) is 0.842. The number of nitrogens with one attached hydrogen (secondary N) is 1. The second-order valence-electron chi connectivity index (χ2n) is 2.48. The zero-order valence-electron chi connectivity index (χ0n) is 6.74. The standard InChI is InChI=1S/C8H12NOP/c1-9-11(2,10)8-6-4-3-5-7-8/h3-7H,1-2H3,(H,9,10). The zero-order chi connectivity index (χ0) is 8.32. The van der Waals surface area contributed by atoms with Gasteiger partial charge in [-0.25, -0.2) is 0 Å². The molecule has 0 heterocycles. The molecule has 60 valence electrons. The Kier molecular flexibility index (Phi) is 2.48. The van der Waals surface area contributed by atoms with Gasteiger partial charge in [0.15, 0.2) is 7.29 Å². The van der Waals surface area contributed by atoms with Gasteiger partial charge in [-0.2, -0.15) is 0 Å². The van der Waals surface area contributed by atoms with E-state index in [1.807, 2.05) is 30.3 Å². The summed E-state index contributed by atoms with van der Waals surface area (Å²) < 4.78 is 11.7. The van der Waals surface area contributed by atoms with E-state index in [2.05, 4.69) is 5.09 Å². The fraction of sp³-hybridized carbons (Fsp3) is 0.250. The summed E-state index contributed by atoms with van der Waals surface area (Å²) in [5, 5.41) is 3.69. The van der Waals surface area contributed by atoms with E-state index in [1.165, 1.54) is 0 Å². The third-order valence-electron chi connectivity index (χ3n) is 1.68. The lowest BCUT2D eigenvalue weighted by Gasteiger charge is -2.10. The van der Waals surface area contributed by atoms with E-state index in [1.54, 1.807) is 13.7 Å². The van der Waals surface area contributed by atoms with Gasteiger partial charge in [-0.3, -0.25) is 5.09 Å². The Bertz CT molecular complexity index is 271. The van der Waals surface area contributed by atoms with Crippen molar-refractivity contribution >= 4 is 12.6 Å². The van der Waals surface area contributed by atoms with Crippen LogP contribution in [0.3, 0.4) is 0 Å². The van der Waals surface area contributed by atoms with E-state index in [9.17, 15) is 4.57 Å². The maximum atomic E-state index is 11.7. The molecule has 1 N–H and O–H groups in total. The van der Waals surface area contributed by atoms with Crippen LogP contribution < -0.4 is 10.4 Å². The zero-order valence-corrected chi connectivity index (χ0v) is 7.64. The molecule has 1 rings (SSSR count). The van der Waals surface area contributed by atoms with E-state index in [4.69, 9.17) is 0 Å². The Hall–Kier alpha value is -0.590. The molecule has 0 aliphatic rings. The van der Waals surface area contributed by atoms with Gasteiger partial charge < -0.3 is 4.57 Å². The predicted octanol–water partition coefficient (Wildman–Crippen LogP) is 1.44. The van der Waals surface area contributed by atoms with Crippen molar-refractivity contribution in [2.75, 3.05) is 13.7 Å². The third kappa shape index (κ3) is 1.92. The number of rotatable bonds is 2. The quantitative estimate of drug-likeness (QED) is 0.679. The third-order valence-corrected chi connectivity index (χ3v) is 3.81. The van der Waals surface area contributed by atoms with Gasteiger partial charge in [0, 0.05) is 12.0 Å². The summed E-state index contributed by atoms with van der Waals surface area (Å²) >= 11 is 0. The van der Waals surface area contributed by atoms with Crippen LogP contribution in [0.4, 0.5) is 0 Å². The summed E-state index contributed by atoms with van der Waals surface area (Å²) in [7, 11) is -0.560. The lowest BCUT2D eigenvalue weighted by Crippen LogP contribution is -2.13. The van der Waals surface area contributed by atoms with Gasteiger partial charge in [0.1, 0.15) is 0 Å². The smallest absolute Gasteiger partial charge is 0.172 e. The molecule has 2 nitrogen and oxygen atoms in total. The minimum Gasteiger partial charge on any atom is -0.302 e. The molecular formula is C8H12NOP. The van der Waals surface area contributed by atoms with Crippen LogP contribution in [-0.4, -0.2) is 13.7 Å². The Morgan fingerprint density at radius 3 is 2.27 bits per heavy atom. The van der Waals surface area contributed by atoms with Crippen LogP contribution in [0.2, 0.25) is 0 Å². The van der Waals surface area contributed by atoms with Gasteiger partial charge >= 0.3 is 0 Å². The van der Waals surface area contributed by atoms with Crippen molar-refractivity contribution in [3.8, 4) is 0 Å². The molecule has 3 heteroatoms. The van der Waals surface area contributed by atoms with Crippen LogP contribution in [0.1, 0.15) is 0 Å². The Labute approximate surface area is 67.1 Å². The van der Waals surface area contributed by atoms with E-state index >= 15 is 0 Å².